The maximum absolute atomic E-state index is 5.81. The van der Waals surface area contributed by atoms with E-state index in [2.05, 4.69) is 18.7 Å². The van der Waals surface area contributed by atoms with Crippen LogP contribution in [0.5, 0.6) is 5.75 Å². The van der Waals surface area contributed by atoms with E-state index in [-0.39, 0.29) is 0 Å². The van der Waals surface area contributed by atoms with Crippen molar-refractivity contribution in [3.05, 3.63) is 29.8 Å². The van der Waals surface area contributed by atoms with Crippen molar-refractivity contribution in [3.8, 4) is 5.75 Å². The molecule has 0 radical (unpaired) electrons. The fourth-order valence-corrected chi connectivity index (χ4v) is 2.75. The third kappa shape index (κ3) is 5.64. The van der Waals surface area contributed by atoms with Gasteiger partial charge >= 0.3 is 0 Å². The van der Waals surface area contributed by atoms with Crippen molar-refractivity contribution >= 4 is 17.2 Å². The van der Waals surface area contributed by atoms with Gasteiger partial charge in [-0.1, -0.05) is 38.2 Å². The minimum atomic E-state index is 0.511. The molecule has 0 amide bonds. The highest BCUT2D eigenvalue weighted by Gasteiger charge is 2.24. The molecular weight excluding hydrogens is 280 g/mol. The third-order valence-corrected chi connectivity index (χ3v) is 4.33. The first-order valence-corrected chi connectivity index (χ1v) is 8.08. The van der Waals surface area contributed by atoms with Crippen molar-refractivity contribution in [2.75, 3.05) is 26.2 Å². The lowest BCUT2D eigenvalue weighted by molar-refractivity contribution is 0.116. The van der Waals surface area contributed by atoms with E-state index in [4.69, 9.17) is 22.7 Å². The molecule has 1 aliphatic rings. The lowest BCUT2D eigenvalue weighted by atomic mass is 9.83. The molecule has 2 rings (SSSR count). The summed E-state index contributed by atoms with van der Waals surface area (Å²) < 4.78 is 5.81. The molecule has 3 nitrogen and oxygen atoms in total. The number of ether oxygens (including phenoxy) is 1. The average molecular weight is 306 g/mol. The van der Waals surface area contributed by atoms with E-state index in [1.165, 1.54) is 25.9 Å². The molecule has 1 aromatic rings. The molecule has 0 bridgehead atoms. The van der Waals surface area contributed by atoms with E-state index in [0.717, 1.165) is 24.5 Å². The lowest BCUT2D eigenvalue weighted by Crippen LogP contribution is -2.39. The zero-order valence-corrected chi connectivity index (χ0v) is 13.9. The third-order valence-electron chi connectivity index (χ3n) is 4.19. The van der Waals surface area contributed by atoms with Gasteiger partial charge in [-0.25, -0.2) is 0 Å². The number of piperidine rings is 1. The van der Waals surface area contributed by atoms with Gasteiger partial charge in [0.05, 0.1) is 4.99 Å². The summed E-state index contributed by atoms with van der Waals surface area (Å²) in [5, 5.41) is 0. The maximum atomic E-state index is 5.81. The zero-order chi connectivity index (χ0) is 15.3. The molecule has 1 saturated heterocycles. The van der Waals surface area contributed by atoms with Gasteiger partial charge in [0.1, 0.15) is 12.4 Å². The Balaban J connectivity index is 1.70. The van der Waals surface area contributed by atoms with Crippen LogP contribution in [0.4, 0.5) is 0 Å². The van der Waals surface area contributed by atoms with Crippen molar-refractivity contribution < 1.29 is 4.74 Å². The Morgan fingerprint density at radius 2 is 1.86 bits per heavy atom. The highest BCUT2D eigenvalue weighted by molar-refractivity contribution is 7.80. The molecule has 21 heavy (non-hydrogen) atoms. The molecule has 116 valence electrons. The van der Waals surface area contributed by atoms with Crippen LogP contribution in [0, 0.1) is 5.41 Å². The number of hydrogen-bond donors (Lipinski definition) is 1. The van der Waals surface area contributed by atoms with Crippen molar-refractivity contribution in [3.63, 3.8) is 0 Å². The van der Waals surface area contributed by atoms with Gasteiger partial charge in [0.15, 0.2) is 0 Å². The molecule has 1 aliphatic heterocycles. The number of nitrogens with two attached hydrogens (primary N) is 1. The topological polar surface area (TPSA) is 38.5 Å². The zero-order valence-electron chi connectivity index (χ0n) is 13.1. The highest BCUT2D eigenvalue weighted by atomic mass is 32.1. The molecule has 1 fully saturated rings. The van der Waals surface area contributed by atoms with E-state index in [1.54, 1.807) is 0 Å². The van der Waals surface area contributed by atoms with Crippen LogP contribution < -0.4 is 10.5 Å². The Labute approximate surface area is 133 Å². The Hall–Kier alpha value is -1.13. The number of likely N-dealkylation sites (tertiary alicyclic amines) is 1. The van der Waals surface area contributed by atoms with Gasteiger partial charge in [-0.15, -0.1) is 0 Å². The van der Waals surface area contributed by atoms with Gasteiger partial charge in [0.2, 0.25) is 0 Å². The van der Waals surface area contributed by atoms with Crippen LogP contribution in [0.2, 0.25) is 0 Å². The molecule has 1 heterocycles. The molecule has 0 aliphatic carbocycles. The SMILES string of the molecule is CC1(C)CCN(CCOc2ccc(CC(N)=S)cc2)CC1. The summed E-state index contributed by atoms with van der Waals surface area (Å²) in [6.07, 6.45) is 3.21. The first-order valence-electron chi connectivity index (χ1n) is 7.67. The molecule has 0 saturated carbocycles. The second kappa shape index (κ2) is 7.23. The molecule has 0 unspecified atom stereocenters. The van der Waals surface area contributed by atoms with E-state index in [0.29, 0.717) is 16.8 Å². The van der Waals surface area contributed by atoms with Crippen molar-refractivity contribution in [1.82, 2.24) is 4.90 Å². The maximum Gasteiger partial charge on any atom is 0.119 e. The Morgan fingerprint density at radius 3 is 2.43 bits per heavy atom. The standard InChI is InChI=1S/C17H26N2OS/c1-17(2)7-9-19(10-8-17)11-12-20-15-5-3-14(4-6-15)13-16(18)21/h3-6H,7-13H2,1-2H3,(H2,18,21). The van der Waals surface area contributed by atoms with Crippen LogP contribution in [0.15, 0.2) is 24.3 Å². The van der Waals surface area contributed by atoms with Gasteiger partial charge in [-0.2, -0.15) is 0 Å². The molecular formula is C17H26N2OS. The summed E-state index contributed by atoms with van der Waals surface area (Å²) in [6, 6.07) is 8.04. The molecule has 0 aromatic heterocycles. The fraction of sp³-hybridized carbons (Fsp3) is 0.588. The van der Waals surface area contributed by atoms with Crippen LogP contribution in [0.3, 0.4) is 0 Å². The van der Waals surface area contributed by atoms with Crippen LogP contribution in [0.25, 0.3) is 0 Å². The molecule has 0 atom stereocenters. The quantitative estimate of drug-likeness (QED) is 0.820. The van der Waals surface area contributed by atoms with Crippen LogP contribution in [0.1, 0.15) is 32.3 Å². The van der Waals surface area contributed by atoms with Crippen molar-refractivity contribution in [1.29, 1.82) is 0 Å². The second-order valence-corrected chi connectivity index (χ2v) is 7.17. The minimum Gasteiger partial charge on any atom is -0.492 e. The number of benzene rings is 1. The highest BCUT2D eigenvalue weighted by Crippen LogP contribution is 2.29. The summed E-state index contributed by atoms with van der Waals surface area (Å²) >= 11 is 4.91. The number of nitrogens with zero attached hydrogens (tertiary/aromatic N) is 1. The Morgan fingerprint density at radius 1 is 1.24 bits per heavy atom. The number of thiocarbonyl (C=S) groups is 1. The molecule has 1 aromatic carbocycles. The fourth-order valence-electron chi connectivity index (χ4n) is 2.58. The normalized spacial score (nSPS) is 18.4. The average Bonchev–Trinajstić information content (AvgIpc) is 2.42. The van der Waals surface area contributed by atoms with E-state index in [9.17, 15) is 0 Å². The van der Waals surface area contributed by atoms with Crippen molar-refractivity contribution in [2.45, 2.75) is 33.1 Å². The van der Waals surface area contributed by atoms with Gasteiger partial charge in [0, 0.05) is 13.0 Å². The molecule has 2 N–H and O–H groups in total. The van der Waals surface area contributed by atoms with Crippen LogP contribution >= 0.6 is 12.2 Å². The summed E-state index contributed by atoms with van der Waals surface area (Å²) in [7, 11) is 0. The Kier molecular flexibility index (Phi) is 5.59. The summed E-state index contributed by atoms with van der Waals surface area (Å²) in [5.41, 5.74) is 7.18. The number of hydrogen-bond acceptors (Lipinski definition) is 3. The Bertz CT molecular complexity index is 460. The van der Waals surface area contributed by atoms with Gasteiger partial charge in [0.25, 0.3) is 0 Å². The van der Waals surface area contributed by atoms with Crippen LogP contribution in [-0.2, 0) is 6.42 Å². The monoisotopic (exact) mass is 306 g/mol. The summed E-state index contributed by atoms with van der Waals surface area (Å²) in [6.45, 7) is 8.83. The van der Waals surface area contributed by atoms with Gasteiger partial charge < -0.3 is 10.5 Å². The van der Waals surface area contributed by atoms with E-state index < -0.39 is 0 Å². The predicted molar refractivity (Wildman–Crippen MR) is 91.9 cm³/mol. The van der Waals surface area contributed by atoms with E-state index in [1.807, 2.05) is 24.3 Å². The van der Waals surface area contributed by atoms with Gasteiger partial charge in [-0.3, -0.25) is 4.90 Å². The minimum absolute atomic E-state index is 0.511. The van der Waals surface area contributed by atoms with E-state index >= 15 is 0 Å². The largest absolute Gasteiger partial charge is 0.492 e. The summed E-state index contributed by atoms with van der Waals surface area (Å²) in [5.74, 6) is 0.916. The molecule has 0 spiro atoms. The summed E-state index contributed by atoms with van der Waals surface area (Å²) in [4.78, 5) is 3.02. The number of rotatable bonds is 6. The van der Waals surface area contributed by atoms with Crippen LogP contribution in [-0.4, -0.2) is 36.1 Å². The predicted octanol–water partition coefficient (Wildman–Crippen LogP) is 3.02. The lowest BCUT2D eigenvalue weighted by Gasteiger charge is -2.36. The smallest absolute Gasteiger partial charge is 0.119 e. The first kappa shape index (κ1) is 16.2. The molecule has 4 heteroatoms. The van der Waals surface area contributed by atoms with Gasteiger partial charge in [-0.05, 0) is 49.0 Å². The first-order chi connectivity index (χ1) is 9.94. The second-order valence-electron chi connectivity index (χ2n) is 6.64. The van der Waals surface area contributed by atoms with Crippen molar-refractivity contribution in [2.24, 2.45) is 11.1 Å².